The van der Waals surface area contributed by atoms with Crippen LogP contribution in [0.3, 0.4) is 0 Å². The maximum atomic E-state index is 13.5. The second kappa shape index (κ2) is 9.17. The number of nitrogens with zero attached hydrogens (tertiary/aromatic N) is 1. The van der Waals surface area contributed by atoms with E-state index in [0.29, 0.717) is 45.6 Å². The predicted molar refractivity (Wildman–Crippen MR) is 95.9 cm³/mol. The van der Waals surface area contributed by atoms with Gasteiger partial charge >= 0.3 is 5.97 Å². The van der Waals surface area contributed by atoms with E-state index in [4.69, 9.17) is 9.47 Å². The average molecular weight is 379 g/mol. The molecule has 1 unspecified atom stereocenters. The fourth-order valence-electron chi connectivity index (χ4n) is 3.94. The van der Waals surface area contributed by atoms with Crippen molar-refractivity contribution in [3.63, 3.8) is 0 Å². The number of piperidine rings is 1. The van der Waals surface area contributed by atoms with Gasteiger partial charge in [-0.2, -0.15) is 0 Å². The Balaban J connectivity index is 1.37. The Labute approximate surface area is 158 Å². The van der Waals surface area contributed by atoms with Crippen molar-refractivity contribution >= 4 is 11.9 Å². The molecule has 1 aromatic carbocycles. The van der Waals surface area contributed by atoms with Crippen LogP contribution in [0.2, 0.25) is 0 Å². The first-order valence-corrected chi connectivity index (χ1v) is 9.56. The number of para-hydroxylation sites is 1. The molecule has 1 amide bonds. The van der Waals surface area contributed by atoms with Crippen LogP contribution in [0.25, 0.3) is 0 Å². The second-order valence-corrected chi connectivity index (χ2v) is 7.17. The van der Waals surface area contributed by atoms with Gasteiger partial charge in [0.1, 0.15) is 0 Å². The van der Waals surface area contributed by atoms with Crippen molar-refractivity contribution < 1.29 is 28.6 Å². The quantitative estimate of drug-likeness (QED) is 0.737. The zero-order valence-electron chi connectivity index (χ0n) is 15.3. The van der Waals surface area contributed by atoms with Crippen molar-refractivity contribution in [2.75, 3.05) is 26.3 Å². The number of carboxylic acids is 1. The van der Waals surface area contributed by atoms with Crippen molar-refractivity contribution in [2.45, 2.75) is 38.2 Å². The van der Waals surface area contributed by atoms with Crippen molar-refractivity contribution in [3.05, 3.63) is 30.1 Å². The summed E-state index contributed by atoms with van der Waals surface area (Å²) >= 11 is 0. The molecule has 1 aromatic rings. The number of rotatable bonds is 7. The third kappa shape index (κ3) is 4.97. The van der Waals surface area contributed by atoms with E-state index in [9.17, 15) is 19.1 Å². The third-order valence-electron chi connectivity index (χ3n) is 5.44. The fraction of sp³-hybridized carbons (Fsp3) is 0.600. The molecule has 2 heterocycles. The topological polar surface area (TPSA) is 76.1 Å². The van der Waals surface area contributed by atoms with E-state index < -0.39 is 17.7 Å². The zero-order chi connectivity index (χ0) is 19.2. The van der Waals surface area contributed by atoms with Crippen molar-refractivity contribution in [1.82, 2.24) is 4.90 Å². The fourth-order valence-corrected chi connectivity index (χ4v) is 3.94. The van der Waals surface area contributed by atoms with Gasteiger partial charge in [-0.3, -0.25) is 9.59 Å². The highest BCUT2D eigenvalue weighted by Gasteiger charge is 2.40. The van der Waals surface area contributed by atoms with Gasteiger partial charge in [0.15, 0.2) is 11.6 Å². The number of carboxylic acid groups (broad SMARTS) is 1. The molecule has 0 aromatic heterocycles. The molecule has 2 atom stereocenters. The number of halogens is 1. The van der Waals surface area contributed by atoms with Crippen molar-refractivity contribution in [3.8, 4) is 5.75 Å². The highest BCUT2D eigenvalue weighted by Crippen LogP contribution is 2.33. The van der Waals surface area contributed by atoms with Crippen LogP contribution in [0.4, 0.5) is 4.39 Å². The highest BCUT2D eigenvalue weighted by atomic mass is 19.1. The molecule has 2 fully saturated rings. The van der Waals surface area contributed by atoms with E-state index in [-0.39, 0.29) is 23.7 Å². The lowest BCUT2D eigenvalue weighted by Crippen LogP contribution is -2.43. The number of ether oxygens (including phenoxy) is 2. The van der Waals surface area contributed by atoms with Gasteiger partial charge in [-0.25, -0.2) is 4.39 Å². The maximum Gasteiger partial charge on any atom is 0.309 e. The van der Waals surface area contributed by atoms with Crippen LogP contribution in [-0.4, -0.2) is 54.3 Å². The molecule has 0 radical (unpaired) electrons. The minimum Gasteiger partial charge on any atom is -0.491 e. The Hall–Kier alpha value is -2.15. The Bertz CT molecular complexity index is 660. The van der Waals surface area contributed by atoms with E-state index in [1.165, 1.54) is 6.07 Å². The van der Waals surface area contributed by atoms with E-state index in [1.54, 1.807) is 18.2 Å². The first-order chi connectivity index (χ1) is 13.1. The Morgan fingerprint density at radius 3 is 2.67 bits per heavy atom. The van der Waals surface area contributed by atoms with Gasteiger partial charge in [-0.15, -0.1) is 0 Å². The van der Waals surface area contributed by atoms with E-state index in [0.717, 1.165) is 12.8 Å². The van der Waals surface area contributed by atoms with Crippen LogP contribution in [-0.2, 0) is 14.3 Å². The number of carbonyl (C=O) groups is 2. The lowest BCUT2D eigenvalue weighted by molar-refractivity contribution is -0.146. The lowest BCUT2D eigenvalue weighted by atomic mass is 9.84. The molecule has 1 N–H and O–H groups in total. The molecule has 2 saturated heterocycles. The van der Waals surface area contributed by atoms with Gasteiger partial charge in [-0.05, 0) is 43.7 Å². The summed E-state index contributed by atoms with van der Waals surface area (Å²) in [7, 11) is 0. The monoisotopic (exact) mass is 379 g/mol. The molecule has 0 spiro atoms. The number of likely N-dealkylation sites (tertiary alicyclic amines) is 1. The number of hydrogen-bond acceptors (Lipinski definition) is 4. The second-order valence-electron chi connectivity index (χ2n) is 7.17. The van der Waals surface area contributed by atoms with Gasteiger partial charge in [0.25, 0.3) is 0 Å². The lowest BCUT2D eigenvalue weighted by Gasteiger charge is -2.35. The minimum absolute atomic E-state index is 0.0627. The van der Waals surface area contributed by atoms with Crippen LogP contribution in [0, 0.1) is 17.7 Å². The summed E-state index contributed by atoms with van der Waals surface area (Å²) in [6, 6.07) is 6.21. The molecule has 148 valence electrons. The molecule has 3 rings (SSSR count). The molecule has 0 saturated carbocycles. The molecule has 2 aliphatic rings. The number of carbonyl (C=O) groups excluding carboxylic acids is 1. The summed E-state index contributed by atoms with van der Waals surface area (Å²) < 4.78 is 24.5. The van der Waals surface area contributed by atoms with Gasteiger partial charge in [0.2, 0.25) is 5.91 Å². The largest absolute Gasteiger partial charge is 0.491 e. The highest BCUT2D eigenvalue weighted by molar-refractivity contribution is 5.76. The molecule has 6 nitrogen and oxygen atoms in total. The summed E-state index contributed by atoms with van der Waals surface area (Å²) in [5.41, 5.74) is 0. The number of amides is 1. The Morgan fingerprint density at radius 1 is 1.22 bits per heavy atom. The molecular weight excluding hydrogens is 353 g/mol. The Kier molecular flexibility index (Phi) is 6.66. The average Bonchev–Trinajstić information content (AvgIpc) is 3.17. The standard InChI is InChI=1S/C20H26FNO5/c21-16-4-1-2-5-17(16)26-12-3-6-18(23)22-10-7-14(8-11-22)19-15(20(24)25)9-13-27-19/h1-2,4-5,14-15,19H,3,6-13H2,(H,24,25)/t15?,19-/m0/s1. The van der Waals surface area contributed by atoms with E-state index >= 15 is 0 Å². The number of benzene rings is 1. The van der Waals surface area contributed by atoms with Gasteiger partial charge in [0.05, 0.1) is 18.6 Å². The van der Waals surface area contributed by atoms with Gasteiger partial charge in [-0.1, -0.05) is 12.1 Å². The smallest absolute Gasteiger partial charge is 0.309 e. The number of hydrogen-bond donors (Lipinski definition) is 1. The molecule has 2 aliphatic heterocycles. The molecule has 7 heteroatoms. The van der Waals surface area contributed by atoms with Crippen LogP contribution in [0.5, 0.6) is 5.75 Å². The molecule has 0 bridgehead atoms. The molecule has 27 heavy (non-hydrogen) atoms. The maximum absolute atomic E-state index is 13.5. The van der Waals surface area contributed by atoms with Gasteiger partial charge in [0, 0.05) is 26.1 Å². The first kappa shape index (κ1) is 19.6. The zero-order valence-corrected chi connectivity index (χ0v) is 15.3. The summed E-state index contributed by atoms with van der Waals surface area (Å²) in [6.07, 6.45) is 2.77. The molecule has 0 aliphatic carbocycles. The summed E-state index contributed by atoms with van der Waals surface area (Å²) in [6.45, 7) is 2.05. The van der Waals surface area contributed by atoms with E-state index in [1.807, 2.05) is 4.90 Å². The summed E-state index contributed by atoms with van der Waals surface area (Å²) in [5.74, 6) is -1.15. The molecular formula is C20H26FNO5. The normalized spacial score (nSPS) is 23.4. The van der Waals surface area contributed by atoms with Crippen LogP contribution in [0.1, 0.15) is 32.1 Å². The van der Waals surface area contributed by atoms with E-state index in [2.05, 4.69) is 0 Å². The third-order valence-corrected chi connectivity index (χ3v) is 5.44. The summed E-state index contributed by atoms with van der Waals surface area (Å²) in [5, 5.41) is 9.29. The van der Waals surface area contributed by atoms with Gasteiger partial charge < -0.3 is 19.5 Å². The summed E-state index contributed by atoms with van der Waals surface area (Å²) in [4.78, 5) is 25.5. The number of aliphatic carboxylic acids is 1. The predicted octanol–water partition coefficient (Wildman–Crippen LogP) is 2.71. The van der Waals surface area contributed by atoms with Crippen molar-refractivity contribution in [1.29, 1.82) is 0 Å². The SMILES string of the molecule is O=C(O)C1CCO[C@H]1C1CCN(C(=O)CCCOc2ccccc2F)CC1. The van der Waals surface area contributed by atoms with Crippen LogP contribution < -0.4 is 4.74 Å². The minimum atomic E-state index is -0.786. The van der Waals surface area contributed by atoms with Crippen LogP contribution in [0.15, 0.2) is 24.3 Å². The first-order valence-electron chi connectivity index (χ1n) is 9.56. The van der Waals surface area contributed by atoms with Crippen LogP contribution >= 0.6 is 0 Å². The Morgan fingerprint density at radius 2 is 1.96 bits per heavy atom. The van der Waals surface area contributed by atoms with Crippen molar-refractivity contribution in [2.24, 2.45) is 11.8 Å².